The van der Waals surface area contributed by atoms with Gasteiger partial charge < -0.3 is 4.98 Å². The van der Waals surface area contributed by atoms with Gasteiger partial charge >= 0.3 is 0 Å². The molecule has 1 heteroatoms. The second-order valence-corrected chi connectivity index (χ2v) is 2.70. The van der Waals surface area contributed by atoms with Gasteiger partial charge in [0.1, 0.15) is 0 Å². The van der Waals surface area contributed by atoms with Gasteiger partial charge in [-0.05, 0) is 12.1 Å². The Bertz CT molecular complexity index is 881. The number of aromatic amines is 1. The largest absolute Gasteiger partial charge is 0.355 e. The van der Waals surface area contributed by atoms with Crippen molar-refractivity contribution in [1.29, 1.82) is 0 Å². The van der Waals surface area contributed by atoms with Crippen LogP contribution in [0.4, 0.5) is 0 Å². The van der Waals surface area contributed by atoms with Gasteiger partial charge in [-0.1, -0.05) is 36.3 Å². The van der Waals surface area contributed by atoms with E-state index in [-0.39, 0.29) is 58.6 Å². The second kappa shape index (κ2) is 2.36. The van der Waals surface area contributed by atoms with Crippen LogP contribution in [0.3, 0.4) is 0 Å². The minimum absolute atomic E-state index is 0.121. The lowest BCUT2D eigenvalue weighted by Crippen LogP contribution is -1.62. The number of nitrogens with one attached hydrogen (secondary N) is 1. The average Bonchev–Trinajstić information content (AvgIpc) is 2.79. The molecule has 0 fully saturated rings. The Labute approximate surface area is 85.8 Å². The van der Waals surface area contributed by atoms with Gasteiger partial charge in [0, 0.05) is 21.8 Å². The van der Waals surface area contributed by atoms with E-state index in [9.17, 15) is 0 Å². The van der Waals surface area contributed by atoms with Crippen LogP contribution in [0.25, 0.3) is 21.8 Å². The molecule has 0 saturated heterocycles. The first kappa shape index (κ1) is 2.88. The molecule has 0 aliphatic heterocycles. The first-order valence-corrected chi connectivity index (χ1v) is 3.83. The number of para-hydroxylation sites is 2. The lowest BCUT2D eigenvalue weighted by atomic mass is 10.2. The number of hydrogen-bond donors (Lipinski definition) is 1. The van der Waals surface area contributed by atoms with Crippen molar-refractivity contribution >= 4 is 21.8 Å². The third-order valence-corrected chi connectivity index (χ3v) is 1.94. The fraction of sp³-hybridized carbons (Fsp3) is 0. The van der Waals surface area contributed by atoms with Gasteiger partial charge in [0.15, 0.2) is 0 Å². The Morgan fingerprint density at radius 3 is 2.46 bits per heavy atom. The second-order valence-electron chi connectivity index (χ2n) is 2.70. The van der Waals surface area contributed by atoms with Crippen molar-refractivity contribution < 1.29 is 9.60 Å². The maximum Gasteiger partial charge on any atom is 0.0645 e. The third-order valence-electron chi connectivity index (χ3n) is 1.94. The molecular weight excluding hydrogens is 158 g/mol. The number of aromatic nitrogens is 1. The van der Waals surface area contributed by atoms with E-state index in [4.69, 9.17) is 9.60 Å². The van der Waals surface area contributed by atoms with E-state index in [0.29, 0.717) is 5.52 Å². The third kappa shape index (κ3) is 0.872. The van der Waals surface area contributed by atoms with Crippen LogP contribution in [-0.2, 0) is 0 Å². The summed E-state index contributed by atoms with van der Waals surface area (Å²) in [6, 6.07) is -0.393. The summed E-state index contributed by atoms with van der Waals surface area (Å²) in [6.45, 7) is 0. The molecule has 0 aliphatic rings. The van der Waals surface area contributed by atoms with Crippen LogP contribution in [0.15, 0.2) is 48.4 Å². The number of hydrogen-bond acceptors (Lipinski definition) is 0. The zero-order valence-electron chi connectivity index (χ0n) is 13.6. The first-order valence-electron chi connectivity index (χ1n) is 7.33. The summed E-state index contributed by atoms with van der Waals surface area (Å²) in [5.41, 5.74) is 0.572. The van der Waals surface area contributed by atoms with E-state index < -0.39 is 0 Å². The molecule has 3 rings (SSSR count). The van der Waals surface area contributed by atoms with Gasteiger partial charge in [0.05, 0.1) is 9.60 Å². The van der Waals surface area contributed by atoms with Crippen molar-refractivity contribution in [2.24, 2.45) is 0 Å². The van der Waals surface area contributed by atoms with Crippen molar-refractivity contribution in [2.75, 3.05) is 0 Å². The van der Waals surface area contributed by atoms with Crippen molar-refractivity contribution in [3.63, 3.8) is 0 Å². The van der Waals surface area contributed by atoms with Crippen molar-refractivity contribution in [3.05, 3.63) is 48.4 Å². The van der Waals surface area contributed by atoms with Gasteiger partial charge in [-0.3, -0.25) is 0 Å². The SMILES string of the molecule is [2H]c1cc2[nH]c3c([2H])c([2H])c([2H])c([2H])c3c2c([2H])c1[2H]. The van der Waals surface area contributed by atoms with E-state index in [2.05, 4.69) is 4.98 Å². The minimum atomic E-state index is -0.371. The number of rotatable bonds is 0. The predicted octanol–water partition coefficient (Wildman–Crippen LogP) is 3.32. The van der Waals surface area contributed by atoms with Crippen LogP contribution in [0, 0.1) is 0 Å². The maximum atomic E-state index is 7.94. The molecule has 2 aromatic carbocycles. The summed E-state index contributed by atoms with van der Waals surface area (Å²) in [4.78, 5) is 2.83. The van der Waals surface area contributed by atoms with Gasteiger partial charge in [0.2, 0.25) is 0 Å². The highest BCUT2D eigenvalue weighted by Gasteiger charge is 2.00. The Balaban J connectivity index is 2.69. The molecule has 13 heavy (non-hydrogen) atoms. The molecule has 1 heterocycles. The highest BCUT2D eigenvalue weighted by molar-refractivity contribution is 6.06. The molecule has 0 bridgehead atoms. The zero-order valence-corrected chi connectivity index (χ0v) is 6.58. The molecule has 1 aromatic heterocycles. The van der Waals surface area contributed by atoms with Crippen molar-refractivity contribution in [3.8, 4) is 0 Å². The van der Waals surface area contributed by atoms with Crippen molar-refractivity contribution in [2.45, 2.75) is 0 Å². The van der Waals surface area contributed by atoms with Crippen LogP contribution in [-0.4, -0.2) is 4.98 Å². The molecule has 3 aromatic rings. The number of H-pyrrole nitrogens is 1. The van der Waals surface area contributed by atoms with Gasteiger partial charge in [-0.15, -0.1) is 0 Å². The predicted molar refractivity (Wildman–Crippen MR) is 55.8 cm³/mol. The molecule has 1 nitrogen and oxygen atoms in total. The van der Waals surface area contributed by atoms with E-state index in [0.717, 1.165) is 0 Å². The summed E-state index contributed by atoms with van der Waals surface area (Å²) in [5, 5.41) is 0.456. The zero-order chi connectivity index (χ0) is 14.8. The molecule has 0 saturated carbocycles. The smallest absolute Gasteiger partial charge is 0.0645 e. The lowest BCUT2D eigenvalue weighted by molar-refractivity contribution is 1.55. The molecule has 0 unspecified atom stereocenters. The number of fused-ring (bicyclic) bond motifs is 3. The molecule has 0 amide bonds. The van der Waals surface area contributed by atoms with Crippen LogP contribution in [0.1, 0.15) is 9.60 Å². The monoisotopic (exact) mass is 174 g/mol. The van der Waals surface area contributed by atoms with E-state index in [1.807, 2.05) is 0 Å². The molecular formula is C12H9N. The average molecular weight is 174 g/mol. The number of benzene rings is 2. The normalized spacial score (nSPS) is 18.6. The van der Waals surface area contributed by atoms with E-state index in [1.165, 1.54) is 6.07 Å². The highest BCUT2D eigenvalue weighted by Crippen LogP contribution is 2.24. The Hall–Kier alpha value is -1.76. The summed E-state index contributed by atoms with van der Waals surface area (Å²) in [6.07, 6.45) is 0. The fourth-order valence-corrected chi connectivity index (χ4v) is 1.37. The van der Waals surface area contributed by atoms with E-state index >= 15 is 0 Å². The maximum absolute atomic E-state index is 7.94. The molecule has 0 atom stereocenters. The standard InChI is InChI=1S/C12H9N/c1-3-7-11-9(5-1)10-6-2-4-8-12(10)13-11/h1-8,13H/i1D,2D,3D,4D,5D,6D,7D. The Kier molecular flexibility index (Phi) is 0.523. The summed E-state index contributed by atoms with van der Waals surface area (Å²) in [5.74, 6) is 0. The molecule has 0 radical (unpaired) electrons. The first-order chi connectivity index (χ1) is 9.34. The van der Waals surface area contributed by atoms with Crippen LogP contribution >= 0.6 is 0 Å². The van der Waals surface area contributed by atoms with Crippen LogP contribution in [0.5, 0.6) is 0 Å². The van der Waals surface area contributed by atoms with Gasteiger partial charge in [-0.2, -0.15) is 0 Å². The van der Waals surface area contributed by atoms with E-state index in [1.54, 1.807) is 0 Å². The van der Waals surface area contributed by atoms with Gasteiger partial charge in [-0.25, -0.2) is 0 Å². The lowest BCUT2D eigenvalue weighted by Gasteiger charge is -1.87. The quantitative estimate of drug-likeness (QED) is 0.538. The topological polar surface area (TPSA) is 15.8 Å². The Morgan fingerprint density at radius 2 is 1.54 bits per heavy atom. The summed E-state index contributed by atoms with van der Waals surface area (Å²) >= 11 is 0. The minimum Gasteiger partial charge on any atom is -0.355 e. The highest BCUT2D eigenvalue weighted by atomic mass is 14.7. The van der Waals surface area contributed by atoms with Crippen LogP contribution < -0.4 is 0 Å². The Morgan fingerprint density at radius 1 is 0.846 bits per heavy atom. The van der Waals surface area contributed by atoms with Crippen molar-refractivity contribution in [1.82, 2.24) is 4.98 Å². The molecule has 1 N–H and O–H groups in total. The summed E-state index contributed by atoms with van der Waals surface area (Å²) in [7, 11) is 0. The fourth-order valence-electron chi connectivity index (χ4n) is 1.37. The molecule has 0 spiro atoms. The molecule has 0 aliphatic carbocycles. The molecule has 62 valence electrons. The van der Waals surface area contributed by atoms with Gasteiger partial charge in [0.25, 0.3) is 0 Å². The summed E-state index contributed by atoms with van der Waals surface area (Å²) < 4.78 is 54.4. The van der Waals surface area contributed by atoms with Crippen LogP contribution in [0.2, 0.25) is 0 Å².